The van der Waals surface area contributed by atoms with Crippen molar-refractivity contribution < 1.29 is 22.7 Å². The number of hydrogen-bond donors (Lipinski definition) is 1. The summed E-state index contributed by atoms with van der Waals surface area (Å²) in [5, 5.41) is 2.85. The molecule has 0 bridgehead atoms. The molecule has 0 aliphatic carbocycles. The monoisotopic (exact) mass is 446 g/mol. The number of sulfonamides is 1. The molecule has 1 fully saturated rings. The molecule has 31 heavy (non-hydrogen) atoms. The van der Waals surface area contributed by atoms with Crippen molar-refractivity contribution in [2.45, 2.75) is 31.1 Å². The van der Waals surface area contributed by atoms with E-state index >= 15 is 0 Å². The van der Waals surface area contributed by atoms with Crippen molar-refractivity contribution in [2.24, 2.45) is 0 Å². The van der Waals surface area contributed by atoms with E-state index in [-0.39, 0.29) is 10.8 Å². The second kappa shape index (κ2) is 11.3. The molecule has 168 valence electrons. The van der Waals surface area contributed by atoms with E-state index in [1.807, 2.05) is 0 Å². The number of nitrogens with one attached hydrogen (secondary N) is 1. The molecule has 0 aromatic heterocycles. The van der Waals surface area contributed by atoms with Crippen LogP contribution >= 0.6 is 0 Å². The van der Waals surface area contributed by atoms with E-state index in [9.17, 15) is 13.2 Å². The predicted molar refractivity (Wildman–Crippen MR) is 119 cm³/mol. The fraction of sp³-hybridized carbons (Fsp3) is 0.435. The van der Waals surface area contributed by atoms with Gasteiger partial charge in [0, 0.05) is 19.5 Å². The van der Waals surface area contributed by atoms with Crippen molar-refractivity contribution in [1.29, 1.82) is 0 Å². The number of hydrogen-bond acceptors (Lipinski definition) is 5. The number of rotatable bonds is 10. The first-order valence-corrected chi connectivity index (χ1v) is 12.1. The third-order valence-electron chi connectivity index (χ3n) is 5.20. The molecule has 1 amide bonds. The second-order valence-corrected chi connectivity index (χ2v) is 9.29. The van der Waals surface area contributed by atoms with E-state index in [0.29, 0.717) is 58.0 Å². The fourth-order valence-corrected chi connectivity index (χ4v) is 4.70. The second-order valence-electron chi connectivity index (χ2n) is 7.36. The van der Waals surface area contributed by atoms with Gasteiger partial charge in [-0.3, -0.25) is 4.79 Å². The third kappa shape index (κ3) is 6.78. The van der Waals surface area contributed by atoms with Crippen LogP contribution in [0.15, 0.2) is 53.4 Å². The summed E-state index contributed by atoms with van der Waals surface area (Å²) in [6.07, 6.45) is 2.14. The molecule has 1 heterocycles. The zero-order valence-electron chi connectivity index (χ0n) is 17.9. The lowest BCUT2D eigenvalue weighted by molar-refractivity contribution is -0.121. The van der Waals surface area contributed by atoms with Gasteiger partial charge in [0.25, 0.3) is 0 Å². The standard InChI is InChI=1S/C23H30N2O5S/c1-2-19-3-5-20(6-4-19)7-12-23(26)24-13-16-30-21-8-10-22(11-9-21)31(27,28)25-14-17-29-18-15-25/h3-6,8-11H,2,7,12-18H2,1H3,(H,24,26). The van der Waals surface area contributed by atoms with Crippen LogP contribution in [0.5, 0.6) is 5.75 Å². The van der Waals surface area contributed by atoms with Crippen LogP contribution in [0.3, 0.4) is 0 Å². The van der Waals surface area contributed by atoms with Crippen molar-refractivity contribution in [2.75, 3.05) is 39.5 Å². The minimum absolute atomic E-state index is 0.0184. The van der Waals surface area contributed by atoms with Crippen molar-refractivity contribution in [1.82, 2.24) is 9.62 Å². The molecular formula is C23H30N2O5S. The fourth-order valence-electron chi connectivity index (χ4n) is 3.29. The summed E-state index contributed by atoms with van der Waals surface area (Å²) in [5.74, 6) is 0.543. The summed E-state index contributed by atoms with van der Waals surface area (Å²) < 4.78 is 37.5. The van der Waals surface area contributed by atoms with Gasteiger partial charge in [0.2, 0.25) is 15.9 Å². The number of aryl methyl sites for hydroxylation is 2. The van der Waals surface area contributed by atoms with Crippen LogP contribution in [0.4, 0.5) is 0 Å². The minimum Gasteiger partial charge on any atom is -0.492 e. The molecule has 0 saturated carbocycles. The predicted octanol–water partition coefficient (Wildman–Crippen LogP) is 2.40. The number of nitrogens with zero attached hydrogens (tertiary/aromatic N) is 1. The van der Waals surface area contributed by atoms with E-state index in [0.717, 1.165) is 12.0 Å². The number of ether oxygens (including phenoxy) is 2. The SMILES string of the molecule is CCc1ccc(CCC(=O)NCCOc2ccc(S(=O)(=O)N3CCOCC3)cc2)cc1. The summed E-state index contributed by atoms with van der Waals surface area (Å²) in [6.45, 7) is 4.38. The molecule has 1 saturated heterocycles. The van der Waals surface area contributed by atoms with Gasteiger partial charge in [0.15, 0.2) is 0 Å². The van der Waals surface area contributed by atoms with Crippen LogP contribution in [0.1, 0.15) is 24.5 Å². The van der Waals surface area contributed by atoms with Gasteiger partial charge >= 0.3 is 0 Å². The molecule has 1 aliphatic rings. The number of carbonyl (C=O) groups excluding carboxylic acids is 1. The van der Waals surface area contributed by atoms with E-state index in [2.05, 4.69) is 36.5 Å². The van der Waals surface area contributed by atoms with Gasteiger partial charge in [-0.15, -0.1) is 0 Å². The smallest absolute Gasteiger partial charge is 0.243 e. The Labute approximate surface area is 184 Å². The first-order valence-electron chi connectivity index (χ1n) is 10.6. The van der Waals surface area contributed by atoms with Gasteiger partial charge in [0.05, 0.1) is 24.7 Å². The Hall–Kier alpha value is -2.42. The Kier molecular flexibility index (Phi) is 8.45. The Morgan fingerprint density at radius 2 is 1.68 bits per heavy atom. The quantitative estimate of drug-likeness (QED) is 0.567. The zero-order valence-corrected chi connectivity index (χ0v) is 18.7. The summed E-state index contributed by atoms with van der Waals surface area (Å²) in [6, 6.07) is 14.7. The summed E-state index contributed by atoms with van der Waals surface area (Å²) in [5.41, 5.74) is 2.44. The van der Waals surface area contributed by atoms with E-state index < -0.39 is 10.0 Å². The molecule has 2 aromatic rings. The lowest BCUT2D eigenvalue weighted by Gasteiger charge is -2.26. The molecule has 2 aromatic carbocycles. The highest BCUT2D eigenvalue weighted by molar-refractivity contribution is 7.89. The molecule has 0 unspecified atom stereocenters. The lowest BCUT2D eigenvalue weighted by atomic mass is 10.1. The maximum atomic E-state index is 12.6. The molecular weight excluding hydrogens is 416 g/mol. The molecule has 0 radical (unpaired) electrons. The van der Waals surface area contributed by atoms with Crippen molar-refractivity contribution in [3.05, 3.63) is 59.7 Å². The van der Waals surface area contributed by atoms with Crippen LogP contribution in [-0.2, 0) is 32.4 Å². The summed E-state index contributed by atoms with van der Waals surface area (Å²) in [7, 11) is -3.51. The molecule has 0 atom stereocenters. The molecule has 0 spiro atoms. The Balaban J connectivity index is 1.37. The zero-order chi connectivity index (χ0) is 22.1. The maximum Gasteiger partial charge on any atom is 0.243 e. The van der Waals surface area contributed by atoms with Gasteiger partial charge in [-0.1, -0.05) is 31.2 Å². The Morgan fingerprint density at radius 3 is 2.32 bits per heavy atom. The van der Waals surface area contributed by atoms with Crippen molar-refractivity contribution >= 4 is 15.9 Å². The van der Waals surface area contributed by atoms with Gasteiger partial charge < -0.3 is 14.8 Å². The van der Waals surface area contributed by atoms with Crippen LogP contribution in [0.25, 0.3) is 0 Å². The topological polar surface area (TPSA) is 84.9 Å². The van der Waals surface area contributed by atoms with Crippen molar-refractivity contribution in [3.8, 4) is 5.75 Å². The van der Waals surface area contributed by atoms with Gasteiger partial charge in [-0.2, -0.15) is 4.31 Å². The molecule has 1 N–H and O–H groups in total. The van der Waals surface area contributed by atoms with E-state index in [1.165, 1.54) is 9.87 Å². The average molecular weight is 447 g/mol. The van der Waals surface area contributed by atoms with Crippen LogP contribution in [0.2, 0.25) is 0 Å². The molecule has 3 rings (SSSR count). The van der Waals surface area contributed by atoms with Gasteiger partial charge in [0.1, 0.15) is 12.4 Å². The number of amides is 1. The van der Waals surface area contributed by atoms with E-state index in [1.54, 1.807) is 24.3 Å². The Morgan fingerprint density at radius 1 is 1.03 bits per heavy atom. The van der Waals surface area contributed by atoms with Gasteiger partial charge in [-0.25, -0.2) is 8.42 Å². The highest BCUT2D eigenvalue weighted by atomic mass is 32.2. The lowest BCUT2D eigenvalue weighted by Crippen LogP contribution is -2.40. The average Bonchev–Trinajstić information content (AvgIpc) is 2.81. The number of carbonyl (C=O) groups is 1. The van der Waals surface area contributed by atoms with Crippen molar-refractivity contribution in [3.63, 3.8) is 0 Å². The molecule has 8 heteroatoms. The Bertz CT molecular complexity index is 937. The first kappa shape index (κ1) is 23.2. The minimum atomic E-state index is -3.51. The summed E-state index contributed by atoms with van der Waals surface area (Å²) >= 11 is 0. The normalized spacial score (nSPS) is 14.9. The van der Waals surface area contributed by atoms with E-state index in [4.69, 9.17) is 9.47 Å². The highest BCUT2D eigenvalue weighted by Gasteiger charge is 2.26. The number of benzene rings is 2. The molecule has 7 nitrogen and oxygen atoms in total. The molecule has 1 aliphatic heterocycles. The largest absolute Gasteiger partial charge is 0.492 e. The van der Waals surface area contributed by atoms with Crippen LogP contribution in [-0.4, -0.2) is 58.1 Å². The highest BCUT2D eigenvalue weighted by Crippen LogP contribution is 2.20. The third-order valence-corrected chi connectivity index (χ3v) is 7.11. The van der Waals surface area contributed by atoms with Gasteiger partial charge in [-0.05, 0) is 48.2 Å². The summed E-state index contributed by atoms with van der Waals surface area (Å²) in [4.78, 5) is 12.2. The van der Waals surface area contributed by atoms with Crippen LogP contribution in [0, 0.1) is 0 Å². The first-order chi connectivity index (χ1) is 15.0. The number of morpholine rings is 1. The maximum absolute atomic E-state index is 12.6. The van der Waals surface area contributed by atoms with Crippen LogP contribution < -0.4 is 10.1 Å².